The lowest BCUT2D eigenvalue weighted by molar-refractivity contribution is -0.139. The summed E-state index contributed by atoms with van der Waals surface area (Å²) in [6.45, 7) is 2.35. The number of amides is 2. The van der Waals surface area contributed by atoms with Crippen molar-refractivity contribution in [1.82, 2.24) is 10.7 Å². The fourth-order valence-corrected chi connectivity index (χ4v) is 2.45. The van der Waals surface area contributed by atoms with Crippen LogP contribution in [-0.2, 0) is 16.2 Å². The second-order valence-corrected chi connectivity index (χ2v) is 6.32. The van der Waals surface area contributed by atoms with Gasteiger partial charge in [0.05, 0.1) is 23.4 Å². The Morgan fingerprint density at radius 3 is 2.54 bits per heavy atom. The summed E-state index contributed by atoms with van der Waals surface area (Å²) in [6.07, 6.45) is 1.39. The lowest BCUT2D eigenvalue weighted by atomic mass is 10.2. The topological polar surface area (TPSA) is 89.0 Å². The second-order valence-electron chi connectivity index (χ2n) is 5.51. The second kappa shape index (κ2) is 10.5. The van der Waals surface area contributed by atoms with Crippen molar-refractivity contribution in [2.24, 2.45) is 5.10 Å². The maximum absolute atomic E-state index is 11.5. The molecule has 0 aliphatic rings. The van der Waals surface area contributed by atoms with Gasteiger partial charge < -0.3 is 14.8 Å². The molecular weight excluding hydrogens is 405 g/mol. The Morgan fingerprint density at radius 2 is 1.86 bits per heavy atom. The third kappa shape index (κ3) is 6.14. The Bertz CT molecular complexity index is 887. The molecule has 0 heterocycles. The molecule has 7 nitrogen and oxygen atoms in total. The number of halogens is 2. The van der Waals surface area contributed by atoms with Crippen LogP contribution < -0.4 is 20.2 Å². The zero-order valence-corrected chi connectivity index (χ0v) is 16.8. The predicted molar refractivity (Wildman–Crippen MR) is 108 cm³/mol. The molecule has 28 heavy (non-hydrogen) atoms. The summed E-state index contributed by atoms with van der Waals surface area (Å²) in [6, 6.07) is 10.4. The summed E-state index contributed by atoms with van der Waals surface area (Å²) in [7, 11) is 1.51. The molecule has 0 saturated carbocycles. The number of hydrazone groups is 1. The normalized spacial score (nSPS) is 10.6. The number of benzene rings is 2. The van der Waals surface area contributed by atoms with Crippen LogP contribution in [0, 0.1) is 0 Å². The lowest BCUT2D eigenvalue weighted by Crippen LogP contribution is -2.37. The smallest absolute Gasteiger partial charge is 0.329 e. The first kappa shape index (κ1) is 21.5. The summed E-state index contributed by atoms with van der Waals surface area (Å²) in [4.78, 5) is 22.8. The van der Waals surface area contributed by atoms with Crippen molar-refractivity contribution in [3.8, 4) is 11.5 Å². The van der Waals surface area contributed by atoms with Gasteiger partial charge in [-0.25, -0.2) is 5.43 Å². The van der Waals surface area contributed by atoms with Gasteiger partial charge in [0, 0.05) is 6.54 Å². The van der Waals surface area contributed by atoms with E-state index in [0.29, 0.717) is 33.7 Å². The fraction of sp³-hybridized carbons (Fsp3) is 0.211. The van der Waals surface area contributed by atoms with Gasteiger partial charge in [0.2, 0.25) is 0 Å². The highest BCUT2D eigenvalue weighted by Crippen LogP contribution is 2.29. The average molecular weight is 424 g/mol. The van der Waals surface area contributed by atoms with Crippen molar-refractivity contribution in [2.45, 2.75) is 13.5 Å². The molecule has 2 N–H and O–H groups in total. The van der Waals surface area contributed by atoms with Gasteiger partial charge in [-0.05, 0) is 48.4 Å². The van der Waals surface area contributed by atoms with E-state index < -0.39 is 11.8 Å². The average Bonchev–Trinajstić information content (AvgIpc) is 2.69. The van der Waals surface area contributed by atoms with E-state index in [0.717, 1.165) is 5.56 Å². The number of rotatable bonds is 7. The van der Waals surface area contributed by atoms with E-state index in [-0.39, 0.29) is 6.61 Å². The van der Waals surface area contributed by atoms with Gasteiger partial charge in [0.1, 0.15) is 6.61 Å². The summed E-state index contributed by atoms with van der Waals surface area (Å²) in [5.41, 5.74) is 3.65. The molecule has 148 valence electrons. The SMILES string of the molecule is CCNC(=O)C(=O)N/N=C\c1ccc(OCc2ccc(Cl)c(Cl)c2)c(OC)c1. The van der Waals surface area contributed by atoms with Crippen LogP contribution in [0.5, 0.6) is 11.5 Å². The predicted octanol–water partition coefficient (Wildman–Crippen LogP) is 3.17. The van der Waals surface area contributed by atoms with E-state index in [1.807, 2.05) is 6.07 Å². The van der Waals surface area contributed by atoms with E-state index in [4.69, 9.17) is 32.7 Å². The summed E-state index contributed by atoms with van der Waals surface area (Å²) < 4.78 is 11.1. The zero-order chi connectivity index (χ0) is 20.5. The van der Waals surface area contributed by atoms with Crippen molar-refractivity contribution in [2.75, 3.05) is 13.7 Å². The number of hydrogen-bond donors (Lipinski definition) is 2. The van der Waals surface area contributed by atoms with Crippen LogP contribution >= 0.6 is 23.2 Å². The van der Waals surface area contributed by atoms with Gasteiger partial charge in [-0.3, -0.25) is 9.59 Å². The third-order valence-electron chi connectivity index (χ3n) is 3.49. The largest absolute Gasteiger partial charge is 0.493 e. The zero-order valence-electron chi connectivity index (χ0n) is 15.3. The summed E-state index contributed by atoms with van der Waals surface area (Å²) in [5.74, 6) is -0.578. The molecule has 2 rings (SSSR count). The highest BCUT2D eigenvalue weighted by Gasteiger charge is 2.10. The Hall–Kier alpha value is -2.77. The minimum Gasteiger partial charge on any atom is -0.493 e. The van der Waals surface area contributed by atoms with Crippen LogP contribution in [0.3, 0.4) is 0 Å². The van der Waals surface area contributed by atoms with E-state index in [1.165, 1.54) is 13.3 Å². The number of carbonyl (C=O) groups excluding carboxylic acids is 2. The molecule has 2 aromatic carbocycles. The van der Waals surface area contributed by atoms with Crippen LogP contribution in [0.2, 0.25) is 10.0 Å². The fourth-order valence-electron chi connectivity index (χ4n) is 2.13. The maximum Gasteiger partial charge on any atom is 0.329 e. The van der Waals surface area contributed by atoms with Gasteiger partial charge >= 0.3 is 11.8 Å². The van der Waals surface area contributed by atoms with E-state index in [9.17, 15) is 9.59 Å². The highest BCUT2D eigenvalue weighted by molar-refractivity contribution is 6.42. The minimum atomic E-state index is -0.841. The minimum absolute atomic E-state index is 0.281. The van der Waals surface area contributed by atoms with Crippen molar-refractivity contribution >= 4 is 41.2 Å². The Kier molecular flexibility index (Phi) is 8.10. The van der Waals surface area contributed by atoms with Crippen LogP contribution in [0.25, 0.3) is 0 Å². The molecule has 0 unspecified atom stereocenters. The van der Waals surface area contributed by atoms with Crippen LogP contribution in [0.1, 0.15) is 18.1 Å². The number of likely N-dealkylation sites (N-methyl/N-ethyl adjacent to an activating group) is 1. The molecule has 2 amide bonds. The number of carbonyl (C=O) groups is 2. The Balaban J connectivity index is 2.00. The van der Waals surface area contributed by atoms with Crippen molar-refractivity contribution in [3.05, 3.63) is 57.6 Å². The van der Waals surface area contributed by atoms with Crippen LogP contribution in [-0.4, -0.2) is 31.7 Å². The molecule has 0 atom stereocenters. The molecule has 0 bridgehead atoms. The molecule has 0 aromatic heterocycles. The number of nitrogens with one attached hydrogen (secondary N) is 2. The number of ether oxygens (including phenoxy) is 2. The van der Waals surface area contributed by atoms with Crippen molar-refractivity contribution in [3.63, 3.8) is 0 Å². The molecule has 0 radical (unpaired) electrons. The van der Waals surface area contributed by atoms with Gasteiger partial charge in [-0.2, -0.15) is 5.10 Å². The molecule has 0 spiro atoms. The number of hydrogen-bond acceptors (Lipinski definition) is 5. The van der Waals surface area contributed by atoms with Gasteiger partial charge in [0.25, 0.3) is 0 Å². The standard InChI is InChI=1S/C19H19Cl2N3O4/c1-3-22-18(25)19(26)24-23-10-12-5-7-16(17(9-12)27-2)28-11-13-4-6-14(20)15(21)8-13/h4-10H,3,11H2,1-2H3,(H,22,25)(H,24,26)/b23-10-. The molecule has 0 fully saturated rings. The Morgan fingerprint density at radius 1 is 1.07 bits per heavy atom. The first-order chi connectivity index (χ1) is 13.4. The molecule has 0 aliphatic heterocycles. The third-order valence-corrected chi connectivity index (χ3v) is 4.23. The molecule has 2 aromatic rings. The van der Waals surface area contributed by atoms with Crippen molar-refractivity contribution in [1.29, 1.82) is 0 Å². The highest BCUT2D eigenvalue weighted by atomic mass is 35.5. The molecule has 9 heteroatoms. The van der Waals surface area contributed by atoms with Gasteiger partial charge in [0.15, 0.2) is 11.5 Å². The Labute approximate surface area is 172 Å². The lowest BCUT2D eigenvalue weighted by Gasteiger charge is -2.11. The van der Waals surface area contributed by atoms with Crippen LogP contribution in [0.4, 0.5) is 0 Å². The van der Waals surface area contributed by atoms with Gasteiger partial charge in [-0.15, -0.1) is 0 Å². The number of methoxy groups -OCH3 is 1. The van der Waals surface area contributed by atoms with E-state index in [1.54, 1.807) is 37.3 Å². The van der Waals surface area contributed by atoms with Gasteiger partial charge in [-0.1, -0.05) is 29.3 Å². The molecule has 0 aliphatic carbocycles. The monoisotopic (exact) mass is 423 g/mol. The summed E-state index contributed by atoms with van der Waals surface area (Å²) >= 11 is 11.9. The summed E-state index contributed by atoms with van der Waals surface area (Å²) in [5, 5.41) is 7.06. The van der Waals surface area contributed by atoms with E-state index in [2.05, 4.69) is 15.8 Å². The quantitative estimate of drug-likeness (QED) is 0.406. The molecular formula is C19H19Cl2N3O4. The van der Waals surface area contributed by atoms with Crippen molar-refractivity contribution < 1.29 is 19.1 Å². The van der Waals surface area contributed by atoms with Crippen LogP contribution in [0.15, 0.2) is 41.5 Å². The first-order valence-electron chi connectivity index (χ1n) is 8.30. The first-order valence-corrected chi connectivity index (χ1v) is 9.06. The van der Waals surface area contributed by atoms with E-state index >= 15 is 0 Å². The number of nitrogens with zero attached hydrogens (tertiary/aromatic N) is 1. The maximum atomic E-state index is 11.5. The molecule has 0 saturated heterocycles.